The number of Topliss-reactive ketones (excluding diaryl/α,β-unsaturated/α-hetero) is 1. The summed E-state index contributed by atoms with van der Waals surface area (Å²) in [5, 5.41) is 0. The number of hydrogen-bond donors (Lipinski definition) is 0. The van der Waals surface area contributed by atoms with Crippen LogP contribution >= 0.6 is 0 Å². The maximum Gasteiger partial charge on any atom is 0.258 e. The van der Waals surface area contributed by atoms with Crippen molar-refractivity contribution in [2.45, 2.75) is 26.4 Å². The third-order valence-electron chi connectivity index (χ3n) is 6.11. The summed E-state index contributed by atoms with van der Waals surface area (Å²) in [5.74, 6) is 1.58. The molecule has 0 unspecified atom stereocenters. The second-order valence-electron chi connectivity index (χ2n) is 8.18. The molecule has 0 bridgehead atoms. The predicted molar refractivity (Wildman–Crippen MR) is 118 cm³/mol. The van der Waals surface area contributed by atoms with Gasteiger partial charge in [-0.05, 0) is 47.9 Å². The Bertz CT molecular complexity index is 1240. The number of nitrogens with zero attached hydrogens (tertiary/aromatic N) is 2. The Hall–Kier alpha value is -3.38. The lowest BCUT2D eigenvalue weighted by atomic mass is 9.97. The average molecular weight is 416 g/mol. The molecule has 0 saturated heterocycles. The predicted octanol–water partition coefficient (Wildman–Crippen LogP) is 3.54. The number of carbonyl (C=O) groups is 1. The molecule has 6 heteroatoms. The van der Waals surface area contributed by atoms with Gasteiger partial charge in [-0.25, -0.2) is 0 Å². The monoisotopic (exact) mass is 416 g/mol. The smallest absolute Gasteiger partial charge is 0.258 e. The van der Waals surface area contributed by atoms with E-state index in [2.05, 4.69) is 11.0 Å². The lowest BCUT2D eigenvalue weighted by molar-refractivity contribution is 0.101. The van der Waals surface area contributed by atoms with Crippen LogP contribution in [-0.4, -0.2) is 28.6 Å². The molecule has 2 aliphatic rings. The van der Waals surface area contributed by atoms with Crippen molar-refractivity contribution < 1.29 is 14.3 Å². The van der Waals surface area contributed by atoms with Gasteiger partial charge in [0.05, 0.1) is 0 Å². The number of benzene rings is 2. The lowest BCUT2D eigenvalue weighted by Crippen LogP contribution is -2.35. The van der Waals surface area contributed by atoms with Crippen molar-refractivity contribution in [2.24, 2.45) is 7.05 Å². The Kier molecular flexibility index (Phi) is 4.87. The summed E-state index contributed by atoms with van der Waals surface area (Å²) in [6, 6.07) is 15.4. The maximum absolute atomic E-state index is 13.0. The summed E-state index contributed by atoms with van der Waals surface area (Å²) in [4.78, 5) is 27.2. The van der Waals surface area contributed by atoms with E-state index in [0.29, 0.717) is 11.1 Å². The van der Waals surface area contributed by atoms with Crippen molar-refractivity contribution in [3.8, 4) is 22.6 Å². The molecule has 3 heterocycles. The number of aromatic nitrogens is 1. The zero-order chi connectivity index (χ0) is 21.5. The number of ketones is 1. The molecule has 1 aromatic heterocycles. The van der Waals surface area contributed by atoms with Crippen LogP contribution in [0.15, 0.2) is 53.3 Å². The molecule has 0 spiro atoms. The zero-order valence-electron chi connectivity index (χ0n) is 17.7. The number of carbonyl (C=O) groups excluding carboxylic acids is 1. The Morgan fingerprint density at radius 2 is 1.90 bits per heavy atom. The van der Waals surface area contributed by atoms with Gasteiger partial charge in [-0.1, -0.05) is 24.3 Å². The zero-order valence-corrected chi connectivity index (χ0v) is 17.7. The van der Waals surface area contributed by atoms with Gasteiger partial charge in [-0.2, -0.15) is 0 Å². The SMILES string of the molecule is CC(=O)c1cccc(-c2cc3c(n(C)c2=O)CCN(Cc2ccc4c(c2)OCO4)C3)c1. The van der Waals surface area contributed by atoms with E-state index in [-0.39, 0.29) is 18.1 Å². The van der Waals surface area contributed by atoms with E-state index in [4.69, 9.17) is 9.47 Å². The minimum Gasteiger partial charge on any atom is -0.454 e. The molecule has 5 rings (SSSR count). The lowest BCUT2D eigenvalue weighted by Gasteiger charge is -2.30. The number of fused-ring (bicyclic) bond motifs is 2. The molecule has 2 aromatic carbocycles. The molecule has 2 aliphatic heterocycles. The molecule has 6 nitrogen and oxygen atoms in total. The molecule has 0 radical (unpaired) electrons. The number of hydrogen-bond acceptors (Lipinski definition) is 5. The molecule has 0 saturated carbocycles. The summed E-state index contributed by atoms with van der Waals surface area (Å²) in [6.45, 7) is 4.26. The van der Waals surface area contributed by atoms with Crippen LogP contribution in [0.5, 0.6) is 11.5 Å². The molecule has 158 valence electrons. The topological polar surface area (TPSA) is 60.8 Å². The third kappa shape index (κ3) is 3.64. The summed E-state index contributed by atoms with van der Waals surface area (Å²) in [5.41, 5.74) is 5.41. The molecule has 0 atom stereocenters. The summed E-state index contributed by atoms with van der Waals surface area (Å²) in [6.07, 6.45) is 0.819. The van der Waals surface area contributed by atoms with Crippen molar-refractivity contribution in [2.75, 3.05) is 13.3 Å². The van der Waals surface area contributed by atoms with E-state index >= 15 is 0 Å². The fraction of sp³-hybridized carbons (Fsp3) is 0.280. The Balaban J connectivity index is 1.45. The van der Waals surface area contributed by atoms with E-state index in [9.17, 15) is 9.59 Å². The molecule has 0 N–H and O–H groups in total. The first-order chi connectivity index (χ1) is 15.0. The maximum atomic E-state index is 13.0. The van der Waals surface area contributed by atoms with Gasteiger partial charge in [0, 0.05) is 49.9 Å². The van der Waals surface area contributed by atoms with Gasteiger partial charge >= 0.3 is 0 Å². The van der Waals surface area contributed by atoms with E-state index in [1.807, 2.05) is 37.4 Å². The minimum atomic E-state index is -0.0244. The van der Waals surface area contributed by atoms with Crippen LogP contribution in [-0.2, 0) is 26.6 Å². The Labute approximate surface area is 180 Å². The average Bonchev–Trinajstić information content (AvgIpc) is 3.24. The van der Waals surface area contributed by atoms with Crippen molar-refractivity contribution in [1.29, 1.82) is 0 Å². The molecule has 0 aliphatic carbocycles. The van der Waals surface area contributed by atoms with Crippen LogP contribution in [0, 0.1) is 0 Å². The highest BCUT2D eigenvalue weighted by Gasteiger charge is 2.22. The van der Waals surface area contributed by atoms with Crippen LogP contribution in [0.3, 0.4) is 0 Å². The van der Waals surface area contributed by atoms with Crippen molar-refractivity contribution in [3.63, 3.8) is 0 Å². The fourth-order valence-electron chi connectivity index (χ4n) is 4.43. The highest BCUT2D eigenvalue weighted by Crippen LogP contribution is 2.33. The second kappa shape index (κ2) is 7.71. The van der Waals surface area contributed by atoms with Gasteiger partial charge in [-0.3, -0.25) is 14.5 Å². The highest BCUT2D eigenvalue weighted by atomic mass is 16.7. The van der Waals surface area contributed by atoms with Gasteiger partial charge in [0.1, 0.15) is 0 Å². The van der Waals surface area contributed by atoms with Gasteiger partial charge in [-0.15, -0.1) is 0 Å². The standard InChI is InChI=1S/C25H24N2O4/c1-16(28)18-4-3-5-19(11-18)21-12-20-14-27(9-8-22(20)26(2)25(21)29)13-17-6-7-23-24(10-17)31-15-30-23/h3-7,10-12H,8-9,13-15H2,1-2H3. The Morgan fingerprint density at radius 1 is 1.06 bits per heavy atom. The molecule has 3 aromatic rings. The first-order valence-electron chi connectivity index (χ1n) is 10.4. The van der Waals surface area contributed by atoms with Crippen LogP contribution in [0.25, 0.3) is 11.1 Å². The van der Waals surface area contributed by atoms with E-state index in [1.165, 1.54) is 12.5 Å². The van der Waals surface area contributed by atoms with Crippen LogP contribution in [0.1, 0.15) is 34.1 Å². The number of ether oxygens (including phenoxy) is 2. The van der Waals surface area contributed by atoms with Crippen molar-refractivity contribution >= 4 is 5.78 Å². The summed E-state index contributed by atoms with van der Waals surface area (Å²) >= 11 is 0. The summed E-state index contributed by atoms with van der Waals surface area (Å²) in [7, 11) is 1.84. The highest BCUT2D eigenvalue weighted by molar-refractivity contribution is 5.95. The largest absolute Gasteiger partial charge is 0.454 e. The molecular weight excluding hydrogens is 392 g/mol. The number of pyridine rings is 1. The van der Waals surface area contributed by atoms with Crippen LogP contribution in [0.2, 0.25) is 0 Å². The van der Waals surface area contributed by atoms with Gasteiger partial charge in [0.2, 0.25) is 6.79 Å². The Morgan fingerprint density at radius 3 is 2.74 bits per heavy atom. The second-order valence-corrected chi connectivity index (χ2v) is 8.18. The first-order valence-corrected chi connectivity index (χ1v) is 10.4. The van der Waals surface area contributed by atoms with Gasteiger partial charge in [0.25, 0.3) is 5.56 Å². The van der Waals surface area contributed by atoms with Gasteiger partial charge in [0.15, 0.2) is 17.3 Å². The van der Waals surface area contributed by atoms with Crippen molar-refractivity contribution in [3.05, 3.63) is 81.3 Å². The van der Waals surface area contributed by atoms with Crippen molar-refractivity contribution in [1.82, 2.24) is 9.47 Å². The normalized spacial score (nSPS) is 15.0. The van der Waals surface area contributed by atoms with Gasteiger partial charge < -0.3 is 14.0 Å². The van der Waals surface area contributed by atoms with E-state index in [1.54, 1.807) is 16.7 Å². The summed E-state index contributed by atoms with van der Waals surface area (Å²) < 4.78 is 12.7. The minimum absolute atomic E-state index is 0.00784. The third-order valence-corrected chi connectivity index (χ3v) is 6.11. The van der Waals surface area contributed by atoms with E-state index in [0.717, 1.165) is 54.4 Å². The molecular formula is C25H24N2O4. The van der Waals surface area contributed by atoms with Crippen LogP contribution < -0.4 is 15.0 Å². The molecule has 31 heavy (non-hydrogen) atoms. The van der Waals surface area contributed by atoms with E-state index < -0.39 is 0 Å². The molecule has 0 fully saturated rings. The van der Waals surface area contributed by atoms with Crippen LogP contribution in [0.4, 0.5) is 0 Å². The molecule has 0 amide bonds. The number of rotatable bonds is 4. The first kappa shape index (κ1) is 19.6. The quantitative estimate of drug-likeness (QED) is 0.609. The fourth-order valence-corrected chi connectivity index (χ4v) is 4.43.